The molecule has 4 rings (SSSR count). The van der Waals surface area contributed by atoms with Gasteiger partial charge in [0.15, 0.2) is 5.54 Å². The molecule has 0 fully saturated rings. The number of amides is 1. The van der Waals surface area contributed by atoms with Gasteiger partial charge in [-0.3, -0.25) is 10.0 Å². The number of hydrogen-bond donors (Lipinski definition) is 2. The number of anilines is 2. The first kappa shape index (κ1) is 17.9. The summed E-state index contributed by atoms with van der Waals surface area (Å²) in [5.41, 5.74) is 1.01. The van der Waals surface area contributed by atoms with Crippen molar-refractivity contribution in [2.45, 2.75) is 12.0 Å². The zero-order chi connectivity index (χ0) is 19.0. The van der Waals surface area contributed by atoms with Gasteiger partial charge in [0.25, 0.3) is 5.91 Å². The summed E-state index contributed by atoms with van der Waals surface area (Å²) in [5.74, 6) is -0.342. The maximum atomic E-state index is 13.2. The number of halogens is 2. The van der Waals surface area contributed by atoms with Crippen LogP contribution in [0.2, 0.25) is 10.0 Å². The molecule has 6 heteroatoms. The van der Waals surface area contributed by atoms with Crippen LogP contribution in [-0.4, -0.2) is 11.1 Å². The van der Waals surface area contributed by atoms with Gasteiger partial charge in [0.1, 0.15) is 0 Å². The number of hydroxylamine groups is 1. The summed E-state index contributed by atoms with van der Waals surface area (Å²) in [5, 5.41) is 16.0. The minimum atomic E-state index is -1.40. The molecule has 0 aliphatic carbocycles. The monoisotopic (exact) mass is 398 g/mol. The van der Waals surface area contributed by atoms with Crippen molar-refractivity contribution in [1.29, 1.82) is 0 Å². The van der Waals surface area contributed by atoms with E-state index in [0.717, 1.165) is 5.06 Å². The molecule has 0 unspecified atom stereocenters. The third-order valence-corrected chi connectivity index (χ3v) is 5.56. The highest BCUT2D eigenvalue weighted by atomic mass is 35.5. The van der Waals surface area contributed by atoms with Gasteiger partial charge in [0.05, 0.1) is 5.69 Å². The maximum absolute atomic E-state index is 13.2. The van der Waals surface area contributed by atoms with Gasteiger partial charge in [-0.05, 0) is 35.9 Å². The van der Waals surface area contributed by atoms with Crippen LogP contribution in [0.1, 0.15) is 11.1 Å². The van der Waals surface area contributed by atoms with Crippen LogP contribution in [0.3, 0.4) is 0 Å². The second-order valence-corrected chi connectivity index (χ2v) is 7.20. The topological polar surface area (TPSA) is 52.6 Å². The zero-order valence-electron chi connectivity index (χ0n) is 14.2. The first-order valence-corrected chi connectivity index (χ1v) is 9.17. The Hall–Kier alpha value is -2.53. The van der Waals surface area contributed by atoms with Gasteiger partial charge < -0.3 is 5.32 Å². The highest BCUT2D eigenvalue weighted by molar-refractivity contribution is 6.36. The summed E-state index contributed by atoms with van der Waals surface area (Å²) in [6.45, 7) is 0. The van der Waals surface area contributed by atoms with Crippen molar-refractivity contribution in [3.8, 4) is 0 Å². The quantitative estimate of drug-likeness (QED) is 0.587. The second-order valence-electron chi connectivity index (χ2n) is 6.38. The Morgan fingerprint density at radius 3 is 2.22 bits per heavy atom. The average molecular weight is 399 g/mol. The van der Waals surface area contributed by atoms with Gasteiger partial charge in [0.2, 0.25) is 0 Å². The normalized spacial score (nSPS) is 18.1. The second kappa shape index (κ2) is 6.89. The molecule has 0 radical (unpaired) electrons. The first-order valence-electron chi connectivity index (χ1n) is 8.42. The van der Waals surface area contributed by atoms with Crippen molar-refractivity contribution in [2.24, 2.45) is 0 Å². The smallest absolute Gasteiger partial charge is 0.257 e. The molecule has 0 saturated carbocycles. The Labute approximate surface area is 166 Å². The van der Waals surface area contributed by atoms with E-state index in [0.29, 0.717) is 32.5 Å². The minimum Gasteiger partial charge on any atom is -0.323 e. The maximum Gasteiger partial charge on any atom is 0.257 e. The molecule has 27 heavy (non-hydrogen) atoms. The number of nitrogens with one attached hydrogen (secondary N) is 1. The molecule has 3 aromatic carbocycles. The van der Waals surface area contributed by atoms with Crippen molar-refractivity contribution in [2.75, 3.05) is 10.4 Å². The SMILES string of the molecule is O=C1Nc2ccccc2[C@]1(Cc1c(Cl)cccc1Cl)N(O)c1ccccc1. The lowest BCUT2D eigenvalue weighted by Gasteiger charge is -2.37. The van der Waals surface area contributed by atoms with Crippen molar-refractivity contribution >= 4 is 40.5 Å². The number of nitrogens with zero attached hydrogens (tertiary/aromatic N) is 1. The Bertz CT molecular complexity index is 990. The molecular weight excluding hydrogens is 383 g/mol. The Kier molecular flexibility index (Phi) is 4.56. The van der Waals surface area contributed by atoms with E-state index in [4.69, 9.17) is 23.2 Å². The standard InChI is InChI=1S/C21H16Cl2N2O2/c22-17-10-6-11-18(23)15(17)13-21(25(27)14-7-2-1-3-8-14)16-9-4-5-12-19(16)24-20(21)26/h1-12,27H,13H2,(H,24,26)/t21-/m0/s1. The van der Waals surface area contributed by atoms with Gasteiger partial charge in [-0.2, -0.15) is 0 Å². The molecule has 1 atom stereocenters. The van der Waals surface area contributed by atoms with Crippen LogP contribution in [0.15, 0.2) is 72.8 Å². The average Bonchev–Trinajstić information content (AvgIpc) is 2.97. The van der Waals surface area contributed by atoms with Crippen molar-refractivity contribution in [3.05, 3.63) is 94.0 Å². The number of rotatable bonds is 4. The van der Waals surface area contributed by atoms with E-state index in [1.807, 2.05) is 30.3 Å². The number of carbonyl (C=O) groups excluding carboxylic acids is 1. The largest absolute Gasteiger partial charge is 0.323 e. The summed E-state index contributed by atoms with van der Waals surface area (Å²) in [4.78, 5) is 13.2. The molecule has 4 nitrogen and oxygen atoms in total. The number of para-hydroxylation sites is 2. The summed E-state index contributed by atoms with van der Waals surface area (Å²) in [7, 11) is 0. The molecule has 0 bridgehead atoms. The summed E-state index contributed by atoms with van der Waals surface area (Å²) < 4.78 is 0. The summed E-state index contributed by atoms with van der Waals surface area (Å²) >= 11 is 12.8. The third-order valence-electron chi connectivity index (χ3n) is 4.85. The first-order chi connectivity index (χ1) is 13.0. The van der Waals surface area contributed by atoms with Gasteiger partial charge >= 0.3 is 0 Å². The van der Waals surface area contributed by atoms with Crippen LogP contribution in [0.4, 0.5) is 11.4 Å². The predicted molar refractivity (Wildman–Crippen MR) is 108 cm³/mol. The molecule has 0 saturated heterocycles. The van der Waals surface area contributed by atoms with E-state index in [-0.39, 0.29) is 12.3 Å². The highest BCUT2D eigenvalue weighted by Gasteiger charge is 2.52. The van der Waals surface area contributed by atoms with Crippen molar-refractivity contribution in [3.63, 3.8) is 0 Å². The van der Waals surface area contributed by atoms with Crippen LogP contribution < -0.4 is 10.4 Å². The van der Waals surface area contributed by atoms with E-state index in [2.05, 4.69) is 5.32 Å². The predicted octanol–water partition coefficient (Wildman–Crippen LogP) is 5.28. The van der Waals surface area contributed by atoms with Crippen LogP contribution in [-0.2, 0) is 16.8 Å². The van der Waals surface area contributed by atoms with Gasteiger partial charge in [0, 0.05) is 27.7 Å². The lowest BCUT2D eigenvalue weighted by atomic mass is 9.84. The fourth-order valence-electron chi connectivity index (χ4n) is 3.51. The van der Waals surface area contributed by atoms with E-state index in [1.165, 1.54) is 0 Å². The molecule has 1 amide bonds. The van der Waals surface area contributed by atoms with E-state index in [9.17, 15) is 10.0 Å². The number of carbonyl (C=O) groups is 1. The van der Waals surface area contributed by atoms with Crippen LogP contribution in [0.25, 0.3) is 0 Å². The van der Waals surface area contributed by atoms with Crippen LogP contribution in [0, 0.1) is 0 Å². The molecule has 3 aromatic rings. The Balaban J connectivity index is 1.93. The van der Waals surface area contributed by atoms with Crippen molar-refractivity contribution < 1.29 is 10.0 Å². The van der Waals surface area contributed by atoms with Gasteiger partial charge in [-0.1, -0.05) is 65.7 Å². The lowest BCUT2D eigenvalue weighted by molar-refractivity contribution is -0.123. The molecular formula is C21H16Cl2N2O2. The Morgan fingerprint density at radius 1 is 0.889 bits per heavy atom. The van der Waals surface area contributed by atoms with Crippen LogP contribution in [0.5, 0.6) is 0 Å². The highest BCUT2D eigenvalue weighted by Crippen LogP contribution is 2.45. The van der Waals surface area contributed by atoms with Crippen molar-refractivity contribution in [1.82, 2.24) is 0 Å². The number of fused-ring (bicyclic) bond motifs is 1. The Morgan fingerprint density at radius 2 is 1.52 bits per heavy atom. The molecule has 1 aliphatic heterocycles. The molecule has 0 aromatic heterocycles. The summed E-state index contributed by atoms with van der Waals surface area (Å²) in [6.07, 6.45) is 0.111. The third kappa shape index (κ3) is 2.86. The molecule has 2 N–H and O–H groups in total. The number of benzene rings is 3. The lowest BCUT2D eigenvalue weighted by Crippen LogP contribution is -2.51. The fourth-order valence-corrected chi connectivity index (χ4v) is 4.04. The van der Waals surface area contributed by atoms with Gasteiger partial charge in [-0.25, -0.2) is 5.06 Å². The molecule has 1 aliphatic rings. The number of hydrogen-bond acceptors (Lipinski definition) is 3. The molecule has 136 valence electrons. The fraction of sp³-hybridized carbons (Fsp3) is 0.0952. The van der Waals surface area contributed by atoms with E-state index in [1.54, 1.807) is 42.5 Å². The van der Waals surface area contributed by atoms with Gasteiger partial charge in [-0.15, -0.1) is 0 Å². The van der Waals surface area contributed by atoms with Crippen LogP contribution >= 0.6 is 23.2 Å². The molecule has 1 heterocycles. The summed E-state index contributed by atoms with van der Waals surface area (Å²) in [6, 6.07) is 21.4. The molecule has 0 spiro atoms. The van der Waals surface area contributed by atoms with E-state index >= 15 is 0 Å². The van der Waals surface area contributed by atoms with E-state index < -0.39 is 5.54 Å². The minimum absolute atomic E-state index is 0.111. The zero-order valence-corrected chi connectivity index (χ0v) is 15.7.